The maximum absolute atomic E-state index is 12.8. The first kappa shape index (κ1) is 38.7. The van der Waals surface area contributed by atoms with Gasteiger partial charge in [0.1, 0.15) is 6.10 Å². The van der Waals surface area contributed by atoms with Crippen LogP contribution in [0.3, 0.4) is 0 Å². The van der Waals surface area contributed by atoms with Gasteiger partial charge in [-0.25, -0.2) is 0 Å². The normalized spacial score (nSPS) is 33.3. The summed E-state index contributed by atoms with van der Waals surface area (Å²) in [5.74, 6) is 5.56. The van der Waals surface area contributed by atoms with Crippen molar-refractivity contribution in [2.75, 3.05) is 0 Å². The van der Waals surface area contributed by atoms with E-state index in [9.17, 15) is 4.79 Å². The Labute approximate surface area is 293 Å². The van der Waals surface area contributed by atoms with Crippen LogP contribution in [0.4, 0.5) is 0 Å². The second kappa shape index (κ2) is 18.8. The van der Waals surface area contributed by atoms with Crippen molar-refractivity contribution < 1.29 is 9.53 Å². The zero-order valence-electron chi connectivity index (χ0n) is 32.4. The van der Waals surface area contributed by atoms with Crippen LogP contribution in [0.1, 0.15) is 196 Å². The molecule has 1 unspecified atom stereocenters. The van der Waals surface area contributed by atoms with Gasteiger partial charge in [-0.05, 0) is 110 Å². The SMILES string of the molecule is CCCCCCCCCCCCCCCC(=O)O[C@H]1CC[C@@]2(C)C(=CC[C@H]3[C@@H]4CC[C@H](C(C)/C=C/[C@@H](CC)C(C)C)[C@@]4(C)CC[C@@H]32)C1. The molecule has 4 aliphatic rings. The van der Waals surface area contributed by atoms with Crippen molar-refractivity contribution in [3.05, 3.63) is 23.8 Å². The third-order valence-corrected chi connectivity index (χ3v) is 14.5. The van der Waals surface area contributed by atoms with Crippen molar-refractivity contribution >= 4 is 5.97 Å². The van der Waals surface area contributed by atoms with Gasteiger partial charge in [0.25, 0.3) is 0 Å². The molecule has 0 bridgehead atoms. The standard InChI is InChI=1S/C45H78O2/c1-8-10-11-12-13-14-15-16-17-18-19-20-21-22-43(46)47-38-29-31-44(6)37(33-38)25-26-39-41-28-27-40(45(41,7)32-30-42(39)44)35(5)23-24-36(9-2)34(3)4/h23-25,34-36,38-42H,8-22,26-33H2,1-7H3/b24-23+/t35?,36-,38+,39+,40-,41+,42+,44+,45-/m1/s1. The van der Waals surface area contributed by atoms with E-state index in [0.29, 0.717) is 29.1 Å². The molecule has 0 amide bonds. The highest BCUT2D eigenvalue weighted by atomic mass is 16.5. The van der Waals surface area contributed by atoms with Crippen LogP contribution in [0.15, 0.2) is 23.8 Å². The first-order chi connectivity index (χ1) is 22.6. The van der Waals surface area contributed by atoms with Crippen LogP contribution in [0.2, 0.25) is 0 Å². The summed E-state index contributed by atoms with van der Waals surface area (Å²) in [4.78, 5) is 12.8. The second-order valence-corrected chi connectivity index (χ2v) is 17.9. The average molecular weight is 651 g/mol. The molecule has 0 aromatic rings. The monoisotopic (exact) mass is 651 g/mol. The van der Waals surface area contributed by atoms with E-state index in [2.05, 4.69) is 66.7 Å². The van der Waals surface area contributed by atoms with E-state index in [1.54, 1.807) is 5.57 Å². The van der Waals surface area contributed by atoms with Crippen LogP contribution in [0.25, 0.3) is 0 Å². The molecule has 47 heavy (non-hydrogen) atoms. The average Bonchev–Trinajstić information content (AvgIpc) is 3.41. The summed E-state index contributed by atoms with van der Waals surface area (Å²) in [6.07, 6.45) is 37.4. The first-order valence-electron chi connectivity index (χ1n) is 21.2. The lowest BCUT2D eigenvalue weighted by atomic mass is 9.47. The molecule has 0 spiro atoms. The molecule has 4 aliphatic carbocycles. The highest BCUT2D eigenvalue weighted by Crippen LogP contribution is 2.67. The maximum Gasteiger partial charge on any atom is 0.306 e. The summed E-state index contributed by atoms with van der Waals surface area (Å²) in [5.41, 5.74) is 2.45. The molecule has 0 N–H and O–H groups in total. The number of carbonyl (C=O) groups is 1. The van der Waals surface area contributed by atoms with Gasteiger partial charge in [-0.1, -0.05) is 149 Å². The minimum atomic E-state index is 0.0585. The minimum Gasteiger partial charge on any atom is -0.462 e. The predicted octanol–water partition coefficient (Wildman–Crippen LogP) is 13.8. The summed E-state index contributed by atoms with van der Waals surface area (Å²) in [6.45, 7) is 17.2. The van der Waals surface area contributed by atoms with Gasteiger partial charge in [0.05, 0.1) is 0 Å². The number of rotatable bonds is 20. The van der Waals surface area contributed by atoms with Crippen LogP contribution in [0.5, 0.6) is 0 Å². The highest BCUT2D eigenvalue weighted by Gasteiger charge is 2.59. The lowest BCUT2D eigenvalue weighted by Gasteiger charge is -2.58. The Kier molecular flexibility index (Phi) is 15.5. The highest BCUT2D eigenvalue weighted by molar-refractivity contribution is 5.69. The Hall–Kier alpha value is -1.05. The Morgan fingerprint density at radius 1 is 0.809 bits per heavy atom. The summed E-state index contributed by atoms with van der Waals surface area (Å²) in [6, 6.07) is 0. The van der Waals surface area contributed by atoms with E-state index in [4.69, 9.17) is 4.74 Å². The lowest BCUT2D eigenvalue weighted by Crippen LogP contribution is -2.51. The van der Waals surface area contributed by atoms with Crippen LogP contribution in [-0.2, 0) is 9.53 Å². The van der Waals surface area contributed by atoms with Gasteiger partial charge in [-0.2, -0.15) is 0 Å². The summed E-state index contributed by atoms with van der Waals surface area (Å²) < 4.78 is 6.13. The van der Waals surface area contributed by atoms with Gasteiger partial charge in [0.15, 0.2) is 0 Å². The van der Waals surface area contributed by atoms with Gasteiger partial charge >= 0.3 is 5.97 Å². The van der Waals surface area contributed by atoms with E-state index in [1.165, 1.54) is 122 Å². The van der Waals surface area contributed by atoms with Crippen LogP contribution in [0, 0.1) is 52.3 Å². The number of esters is 1. The van der Waals surface area contributed by atoms with Gasteiger partial charge in [0.2, 0.25) is 0 Å². The van der Waals surface area contributed by atoms with Crippen LogP contribution in [-0.4, -0.2) is 12.1 Å². The van der Waals surface area contributed by atoms with Crippen molar-refractivity contribution in [1.29, 1.82) is 0 Å². The third kappa shape index (κ3) is 10.0. The quantitative estimate of drug-likeness (QED) is 0.0744. The molecular formula is C45H78O2. The predicted molar refractivity (Wildman–Crippen MR) is 202 cm³/mol. The molecule has 0 heterocycles. The smallest absolute Gasteiger partial charge is 0.306 e. The fourth-order valence-corrected chi connectivity index (χ4v) is 11.4. The number of hydrogen-bond donors (Lipinski definition) is 0. The Bertz CT molecular complexity index is 992. The number of ether oxygens (including phenoxy) is 1. The van der Waals surface area contributed by atoms with E-state index >= 15 is 0 Å². The molecule has 0 aromatic heterocycles. The van der Waals surface area contributed by atoms with Gasteiger partial charge in [0, 0.05) is 12.8 Å². The number of unbranched alkanes of at least 4 members (excludes halogenated alkanes) is 12. The number of hydrogen-bond acceptors (Lipinski definition) is 2. The molecule has 9 atom stereocenters. The van der Waals surface area contributed by atoms with E-state index in [1.807, 2.05) is 0 Å². The molecule has 2 heteroatoms. The Morgan fingerprint density at radius 3 is 2.06 bits per heavy atom. The summed E-state index contributed by atoms with van der Waals surface area (Å²) >= 11 is 0. The lowest BCUT2D eigenvalue weighted by molar-refractivity contribution is -0.151. The van der Waals surface area contributed by atoms with Gasteiger partial charge in [-0.3, -0.25) is 4.79 Å². The third-order valence-electron chi connectivity index (χ3n) is 14.5. The molecule has 4 rings (SSSR count). The largest absolute Gasteiger partial charge is 0.462 e. The molecule has 0 aliphatic heterocycles. The maximum atomic E-state index is 12.8. The Morgan fingerprint density at radius 2 is 1.45 bits per heavy atom. The minimum absolute atomic E-state index is 0.0585. The van der Waals surface area contributed by atoms with Crippen molar-refractivity contribution in [2.24, 2.45) is 52.3 Å². The van der Waals surface area contributed by atoms with Crippen molar-refractivity contribution in [1.82, 2.24) is 0 Å². The topological polar surface area (TPSA) is 26.3 Å². The summed E-state index contributed by atoms with van der Waals surface area (Å²) in [7, 11) is 0. The number of allylic oxidation sites excluding steroid dienone is 3. The Balaban J connectivity index is 1.17. The van der Waals surface area contributed by atoms with Gasteiger partial charge in [-0.15, -0.1) is 0 Å². The van der Waals surface area contributed by atoms with Crippen LogP contribution >= 0.6 is 0 Å². The molecule has 0 aromatic carbocycles. The fraction of sp³-hybridized carbons (Fsp3) is 0.889. The van der Waals surface area contributed by atoms with E-state index in [0.717, 1.165) is 48.9 Å². The molecule has 2 nitrogen and oxygen atoms in total. The molecule has 270 valence electrons. The van der Waals surface area contributed by atoms with Gasteiger partial charge < -0.3 is 4.74 Å². The van der Waals surface area contributed by atoms with Crippen molar-refractivity contribution in [3.63, 3.8) is 0 Å². The summed E-state index contributed by atoms with van der Waals surface area (Å²) in [5, 5.41) is 0. The molecular weight excluding hydrogens is 572 g/mol. The zero-order chi connectivity index (χ0) is 33.9. The molecule has 3 fully saturated rings. The second-order valence-electron chi connectivity index (χ2n) is 17.9. The van der Waals surface area contributed by atoms with Crippen molar-refractivity contribution in [2.45, 2.75) is 202 Å². The molecule has 3 saturated carbocycles. The first-order valence-corrected chi connectivity index (χ1v) is 21.2. The zero-order valence-corrected chi connectivity index (χ0v) is 32.4. The number of fused-ring (bicyclic) bond motifs is 5. The van der Waals surface area contributed by atoms with E-state index < -0.39 is 0 Å². The van der Waals surface area contributed by atoms with Crippen molar-refractivity contribution in [3.8, 4) is 0 Å². The molecule has 0 radical (unpaired) electrons. The fourth-order valence-electron chi connectivity index (χ4n) is 11.4. The van der Waals surface area contributed by atoms with E-state index in [-0.39, 0.29) is 12.1 Å². The molecule has 0 saturated heterocycles. The number of carbonyl (C=O) groups excluding carboxylic acids is 1. The van der Waals surface area contributed by atoms with Crippen LogP contribution < -0.4 is 0 Å².